The van der Waals surface area contributed by atoms with Crippen molar-refractivity contribution in [3.05, 3.63) is 0 Å². The maximum atomic E-state index is 11.8. The molecule has 0 aromatic heterocycles. The van der Waals surface area contributed by atoms with E-state index < -0.39 is 6.10 Å². The minimum atomic E-state index is -0.444. The highest BCUT2D eigenvalue weighted by Crippen LogP contribution is 2.12. The zero-order valence-electron chi connectivity index (χ0n) is 8.99. The maximum absolute atomic E-state index is 11.8. The zero-order chi connectivity index (χ0) is 10.6. The van der Waals surface area contributed by atoms with Gasteiger partial charge in [0.2, 0.25) is 5.91 Å². The van der Waals surface area contributed by atoms with E-state index in [0.717, 1.165) is 25.9 Å². The Morgan fingerprint density at radius 3 is 2.93 bits per heavy atom. The Kier molecular flexibility index (Phi) is 4.35. The number of carbonyl (C=O) groups excluding carboxylic acids is 1. The molecule has 1 heterocycles. The molecule has 0 aliphatic carbocycles. The first-order valence-corrected chi connectivity index (χ1v) is 5.25. The highest BCUT2D eigenvalue weighted by molar-refractivity contribution is 5.78. The number of amides is 1. The molecule has 1 aliphatic heterocycles. The number of likely N-dealkylation sites (N-methyl/N-ethyl adjacent to an activating group) is 1. The lowest BCUT2D eigenvalue weighted by Crippen LogP contribution is -2.43. The molecular weight excluding hydrogens is 180 g/mol. The van der Waals surface area contributed by atoms with Crippen LogP contribution in [0.4, 0.5) is 0 Å². The van der Waals surface area contributed by atoms with E-state index in [1.165, 1.54) is 0 Å². The minimum Gasteiger partial charge on any atom is -0.392 e. The van der Waals surface area contributed by atoms with E-state index in [2.05, 4.69) is 5.32 Å². The molecule has 1 unspecified atom stereocenters. The molecule has 0 saturated carbocycles. The van der Waals surface area contributed by atoms with Crippen LogP contribution in [0.25, 0.3) is 0 Å². The van der Waals surface area contributed by atoms with Crippen molar-refractivity contribution < 1.29 is 9.90 Å². The van der Waals surface area contributed by atoms with Crippen LogP contribution < -0.4 is 5.32 Å². The molecule has 1 aliphatic rings. The van der Waals surface area contributed by atoms with Crippen molar-refractivity contribution in [2.24, 2.45) is 5.92 Å². The lowest BCUT2D eigenvalue weighted by atomic mass is 9.98. The van der Waals surface area contributed by atoms with Crippen molar-refractivity contribution in [2.75, 3.05) is 26.7 Å². The van der Waals surface area contributed by atoms with Crippen LogP contribution in [-0.4, -0.2) is 48.7 Å². The molecule has 2 atom stereocenters. The van der Waals surface area contributed by atoms with Crippen LogP contribution in [0.2, 0.25) is 0 Å². The van der Waals surface area contributed by atoms with Crippen LogP contribution in [0.1, 0.15) is 19.8 Å². The predicted octanol–water partition coefficient (Wildman–Crippen LogP) is -0.175. The van der Waals surface area contributed by atoms with Gasteiger partial charge in [0.05, 0.1) is 12.0 Å². The minimum absolute atomic E-state index is 0.104. The van der Waals surface area contributed by atoms with E-state index in [4.69, 9.17) is 5.11 Å². The Morgan fingerprint density at radius 1 is 1.71 bits per heavy atom. The molecule has 0 radical (unpaired) electrons. The van der Waals surface area contributed by atoms with Gasteiger partial charge in [0.15, 0.2) is 0 Å². The molecular formula is C10H20N2O2. The van der Waals surface area contributed by atoms with Gasteiger partial charge in [-0.2, -0.15) is 0 Å². The molecule has 82 valence electrons. The van der Waals surface area contributed by atoms with Crippen LogP contribution in [0, 0.1) is 5.92 Å². The monoisotopic (exact) mass is 200 g/mol. The first-order valence-electron chi connectivity index (χ1n) is 5.25. The summed E-state index contributed by atoms with van der Waals surface area (Å²) in [6, 6.07) is 0. The number of hydrogen-bond acceptors (Lipinski definition) is 3. The van der Waals surface area contributed by atoms with Gasteiger partial charge in [-0.15, -0.1) is 0 Å². The molecule has 0 bridgehead atoms. The van der Waals surface area contributed by atoms with Gasteiger partial charge in [0.1, 0.15) is 0 Å². The Bertz CT molecular complexity index is 189. The summed E-state index contributed by atoms with van der Waals surface area (Å²) in [6.07, 6.45) is 1.59. The highest BCUT2D eigenvalue weighted by Gasteiger charge is 2.24. The van der Waals surface area contributed by atoms with Crippen molar-refractivity contribution in [3.8, 4) is 0 Å². The number of aliphatic hydroxyl groups excluding tert-OH is 1. The second-order valence-corrected chi connectivity index (χ2v) is 4.11. The van der Waals surface area contributed by atoms with Gasteiger partial charge < -0.3 is 15.3 Å². The molecule has 1 saturated heterocycles. The lowest BCUT2D eigenvalue weighted by Gasteiger charge is -2.27. The number of nitrogens with one attached hydrogen (secondary N) is 1. The van der Waals surface area contributed by atoms with Gasteiger partial charge in [-0.25, -0.2) is 0 Å². The number of hydrogen-bond donors (Lipinski definition) is 2. The number of rotatable bonds is 3. The van der Waals surface area contributed by atoms with Crippen molar-refractivity contribution in [1.29, 1.82) is 0 Å². The van der Waals surface area contributed by atoms with E-state index >= 15 is 0 Å². The van der Waals surface area contributed by atoms with Crippen LogP contribution >= 0.6 is 0 Å². The van der Waals surface area contributed by atoms with Crippen molar-refractivity contribution in [1.82, 2.24) is 10.2 Å². The van der Waals surface area contributed by atoms with Gasteiger partial charge in [-0.1, -0.05) is 0 Å². The van der Waals surface area contributed by atoms with Crippen LogP contribution in [0.3, 0.4) is 0 Å². The van der Waals surface area contributed by atoms with Crippen LogP contribution in [0.5, 0.6) is 0 Å². The summed E-state index contributed by atoms with van der Waals surface area (Å²) in [4.78, 5) is 13.4. The summed E-state index contributed by atoms with van der Waals surface area (Å²) in [5, 5.41) is 12.4. The zero-order valence-corrected chi connectivity index (χ0v) is 8.99. The van der Waals surface area contributed by atoms with E-state index in [0.29, 0.717) is 6.54 Å². The van der Waals surface area contributed by atoms with Gasteiger partial charge in [0, 0.05) is 20.1 Å². The number of piperidine rings is 1. The smallest absolute Gasteiger partial charge is 0.226 e. The molecule has 0 spiro atoms. The van der Waals surface area contributed by atoms with E-state index in [1.807, 2.05) is 0 Å². The second kappa shape index (κ2) is 5.32. The van der Waals surface area contributed by atoms with Crippen molar-refractivity contribution in [3.63, 3.8) is 0 Å². The largest absolute Gasteiger partial charge is 0.392 e. The normalized spacial score (nSPS) is 24.4. The molecule has 1 amide bonds. The van der Waals surface area contributed by atoms with E-state index in [-0.39, 0.29) is 11.8 Å². The molecule has 1 rings (SSSR count). The summed E-state index contributed by atoms with van der Waals surface area (Å²) in [6.45, 7) is 3.92. The molecule has 14 heavy (non-hydrogen) atoms. The van der Waals surface area contributed by atoms with Crippen LogP contribution in [0.15, 0.2) is 0 Å². The SMILES string of the molecule is CC(O)CN(C)C(=O)[C@H]1CCCNC1. The summed E-state index contributed by atoms with van der Waals surface area (Å²) >= 11 is 0. The number of aliphatic hydroxyl groups is 1. The first-order chi connectivity index (χ1) is 6.61. The van der Waals surface area contributed by atoms with E-state index in [9.17, 15) is 4.79 Å². The fraction of sp³-hybridized carbons (Fsp3) is 0.900. The average molecular weight is 200 g/mol. The third kappa shape index (κ3) is 3.27. The molecule has 4 heteroatoms. The Labute approximate surface area is 85.3 Å². The van der Waals surface area contributed by atoms with Gasteiger partial charge in [0.25, 0.3) is 0 Å². The third-order valence-electron chi connectivity index (χ3n) is 2.56. The third-order valence-corrected chi connectivity index (χ3v) is 2.56. The highest BCUT2D eigenvalue weighted by atomic mass is 16.3. The Morgan fingerprint density at radius 2 is 2.43 bits per heavy atom. The molecule has 1 fully saturated rings. The Balaban J connectivity index is 2.38. The quantitative estimate of drug-likeness (QED) is 0.665. The van der Waals surface area contributed by atoms with Gasteiger partial charge in [-0.05, 0) is 26.3 Å². The molecule has 4 nitrogen and oxygen atoms in total. The number of carbonyl (C=O) groups is 1. The molecule has 0 aromatic rings. The van der Waals surface area contributed by atoms with Gasteiger partial charge >= 0.3 is 0 Å². The Hall–Kier alpha value is -0.610. The predicted molar refractivity (Wildman–Crippen MR) is 54.9 cm³/mol. The second-order valence-electron chi connectivity index (χ2n) is 4.11. The molecule has 2 N–H and O–H groups in total. The average Bonchev–Trinajstić information content (AvgIpc) is 2.17. The fourth-order valence-corrected chi connectivity index (χ4v) is 1.86. The summed E-state index contributed by atoms with van der Waals surface area (Å²) < 4.78 is 0. The lowest BCUT2D eigenvalue weighted by molar-refractivity contribution is -0.135. The van der Waals surface area contributed by atoms with Crippen molar-refractivity contribution in [2.45, 2.75) is 25.9 Å². The number of nitrogens with zero attached hydrogens (tertiary/aromatic N) is 1. The van der Waals surface area contributed by atoms with Crippen molar-refractivity contribution >= 4 is 5.91 Å². The topological polar surface area (TPSA) is 52.6 Å². The first kappa shape index (κ1) is 11.5. The standard InChI is InChI=1S/C10H20N2O2/c1-8(13)7-12(2)10(14)9-4-3-5-11-6-9/h8-9,11,13H,3-7H2,1-2H3/t8?,9-/m0/s1. The molecule has 0 aromatic carbocycles. The summed E-state index contributed by atoms with van der Waals surface area (Å²) in [5.74, 6) is 0.255. The fourth-order valence-electron chi connectivity index (χ4n) is 1.86. The van der Waals surface area contributed by atoms with Gasteiger partial charge in [-0.3, -0.25) is 4.79 Å². The van der Waals surface area contributed by atoms with Crippen LogP contribution in [-0.2, 0) is 4.79 Å². The van der Waals surface area contributed by atoms with E-state index in [1.54, 1.807) is 18.9 Å². The summed E-state index contributed by atoms with van der Waals surface area (Å²) in [5.41, 5.74) is 0. The maximum Gasteiger partial charge on any atom is 0.226 e. The summed E-state index contributed by atoms with van der Waals surface area (Å²) in [7, 11) is 1.75.